The zero-order valence-electron chi connectivity index (χ0n) is 15.4. The summed E-state index contributed by atoms with van der Waals surface area (Å²) < 4.78 is 12.5. The molecule has 0 unspecified atom stereocenters. The summed E-state index contributed by atoms with van der Waals surface area (Å²) in [5.41, 5.74) is 4.93. The highest BCUT2D eigenvalue weighted by Crippen LogP contribution is 2.31. The van der Waals surface area contributed by atoms with Crippen LogP contribution in [0.2, 0.25) is 0 Å². The summed E-state index contributed by atoms with van der Waals surface area (Å²) in [6, 6.07) is 14.1. The van der Waals surface area contributed by atoms with Gasteiger partial charge in [-0.05, 0) is 48.2 Å². The first-order valence-electron chi connectivity index (χ1n) is 9.22. The molecule has 140 valence electrons. The maximum absolute atomic E-state index is 12.8. The van der Waals surface area contributed by atoms with Crippen LogP contribution in [-0.4, -0.2) is 28.4 Å². The van der Waals surface area contributed by atoms with Crippen molar-refractivity contribution in [3.05, 3.63) is 66.9 Å². The van der Waals surface area contributed by atoms with E-state index in [9.17, 15) is 4.79 Å². The predicted molar refractivity (Wildman–Crippen MR) is 105 cm³/mol. The molecule has 0 aliphatic heterocycles. The minimum absolute atomic E-state index is 0.0767. The van der Waals surface area contributed by atoms with Crippen molar-refractivity contribution in [3.8, 4) is 28.3 Å². The van der Waals surface area contributed by atoms with Gasteiger partial charge in [-0.1, -0.05) is 18.2 Å². The second kappa shape index (κ2) is 6.56. The summed E-state index contributed by atoms with van der Waals surface area (Å²) in [7, 11) is 1.65. The second-order valence-electron chi connectivity index (χ2n) is 6.97. The maximum atomic E-state index is 12.8. The van der Waals surface area contributed by atoms with Gasteiger partial charge in [0.25, 0.3) is 5.91 Å². The fourth-order valence-corrected chi connectivity index (χ4v) is 3.40. The number of pyridine rings is 1. The highest BCUT2D eigenvalue weighted by Gasteiger charge is 2.27. The average Bonchev–Trinajstić information content (AvgIpc) is 3.23. The number of oxazole rings is 1. The van der Waals surface area contributed by atoms with Gasteiger partial charge in [0.15, 0.2) is 6.39 Å². The van der Waals surface area contributed by atoms with Crippen molar-refractivity contribution in [2.45, 2.75) is 18.9 Å². The summed E-state index contributed by atoms with van der Waals surface area (Å²) in [6.07, 6.45) is 7.04. The highest BCUT2D eigenvalue weighted by molar-refractivity contribution is 6.02. The first-order valence-corrected chi connectivity index (χ1v) is 9.22. The molecule has 28 heavy (non-hydrogen) atoms. The highest BCUT2D eigenvalue weighted by atomic mass is 16.5. The Kier molecular flexibility index (Phi) is 3.90. The van der Waals surface area contributed by atoms with Crippen LogP contribution in [0.4, 0.5) is 0 Å². The van der Waals surface area contributed by atoms with Crippen LogP contribution in [0.3, 0.4) is 0 Å². The molecule has 0 spiro atoms. The molecule has 1 amide bonds. The number of methoxy groups -OCH3 is 1. The first-order chi connectivity index (χ1) is 13.7. The number of benzene rings is 1. The van der Waals surface area contributed by atoms with Gasteiger partial charge in [0.05, 0.1) is 18.4 Å². The van der Waals surface area contributed by atoms with E-state index >= 15 is 0 Å². The largest absolute Gasteiger partial charge is 0.497 e. The molecule has 0 bridgehead atoms. The topological polar surface area (TPSA) is 68.8 Å². The molecule has 4 aromatic rings. The van der Waals surface area contributed by atoms with Crippen LogP contribution in [-0.2, 0) is 0 Å². The van der Waals surface area contributed by atoms with Crippen molar-refractivity contribution in [2.75, 3.05) is 7.11 Å². The van der Waals surface area contributed by atoms with Crippen molar-refractivity contribution >= 4 is 11.4 Å². The van der Waals surface area contributed by atoms with Gasteiger partial charge in [-0.3, -0.25) is 4.79 Å². The number of fused-ring (bicyclic) bond motifs is 1. The monoisotopic (exact) mass is 373 g/mol. The predicted octanol–water partition coefficient (Wildman–Crippen LogP) is 4.16. The molecule has 1 saturated carbocycles. The lowest BCUT2D eigenvalue weighted by Gasteiger charge is -2.08. The molecular weight excluding hydrogens is 354 g/mol. The third kappa shape index (κ3) is 2.93. The Labute approximate surface area is 161 Å². The zero-order chi connectivity index (χ0) is 19.1. The molecule has 1 aliphatic carbocycles. The number of nitrogens with one attached hydrogen (secondary N) is 1. The Hall–Kier alpha value is -3.54. The summed E-state index contributed by atoms with van der Waals surface area (Å²) >= 11 is 0. The SMILES string of the molecule is COc1cccc(-c2ccc3cc(C(=O)NC4CC4)c(-c4cocn4)n3c2)c1. The lowest BCUT2D eigenvalue weighted by molar-refractivity contribution is 0.0952. The maximum Gasteiger partial charge on any atom is 0.253 e. The van der Waals surface area contributed by atoms with E-state index in [2.05, 4.69) is 10.3 Å². The normalized spacial score (nSPS) is 13.6. The summed E-state index contributed by atoms with van der Waals surface area (Å²) in [5, 5.41) is 3.07. The van der Waals surface area contributed by atoms with Crippen LogP contribution >= 0.6 is 0 Å². The molecule has 1 aliphatic rings. The van der Waals surface area contributed by atoms with Crippen LogP contribution in [0.25, 0.3) is 28.0 Å². The van der Waals surface area contributed by atoms with E-state index in [1.165, 1.54) is 6.39 Å². The van der Waals surface area contributed by atoms with Gasteiger partial charge in [-0.25, -0.2) is 4.98 Å². The average molecular weight is 373 g/mol. The van der Waals surface area contributed by atoms with Crippen LogP contribution in [0.15, 0.2) is 65.7 Å². The van der Waals surface area contributed by atoms with Crippen molar-refractivity contribution in [1.82, 2.24) is 14.7 Å². The summed E-state index contributed by atoms with van der Waals surface area (Å²) in [5.74, 6) is 0.721. The van der Waals surface area contributed by atoms with Crippen molar-refractivity contribution in [1.29, 1.82) is 0 Å². The number of rotatable bonds is 5. The molecular formula is C22H19N3O3. The van der Waals surface area contributed by atoms with Crippen molar-refractivity contribution in [2.24, 2.45) is 0 Å². The standard InChI is InChI=1S/C22H19N3O3/c1-27-18-4-2-3-14(9-18)15-5-8-17-10-19(22(26)24-16-6-7-16)21(25(17)11-15)20-12-28-13-23-20/h2-5,8-13,16H,6-7H2,1H3,(H,24,26). The fraction of sp³-hybridized carbons (Fsp3) is 0.182. The molecule has 1 N–H and O–H groups in total. The Balaban J connectivity index is 1.67. The third-order valence-corrected chi connectivity index (χ3v) is 5.00. The Morgan fingerprint density at radius 3 is 2.86 bits per heavy atom. The summed E-state index contributed by atoms with van der Waals surface area (Å²) in [6.45, 7) is 0. The van der Waals surface area contributed by atoms with Crippen LogP contribution in [0.1, 0.15) is 23.2 Å². The fourth-order valence-electron chi connectivity index (χ4n) is 3.40. The van der Waals surface area contributed by atoms with E-state index in [1.807, 2.05) is 53.1 Å². The Morgan fingerprint density at radius 2 is 2.11 bits per heavy atom. The second-order valence-corrected chi connectivity index (χ2v) is 6.97. The number of hydrogen-bond acceptors (Lipinski definition) is 4. The van der Waals surface area contributed by atoms with Crippen LogP contribution in [0.5, 0.6) is 5.75 Å². The molecule has 6 nitrogen and oxygen atoms in total. The molecule has 1 fully saturated rings. The van der Waals surface area contributed by atoms with Crippen molar-refractivity contribution in [3.63, 3.8) is 0 Å². The van der Waals surface area contributed by atoms with Crippen LogP contribution in [0, 0.1) is 0 Å². The molecule has 1 aromatic carbocycles. The van der Waals surface area contributed by atoms with Gasteiger partial charge in [0.1, 0.15) is 17.7 Å². The van der Waals surface area contributed by atoms with Gasteiger partial charge in [-0.2, -0.15) is 0 Å². The van der Waals surface area contributed by atoms with E-state index in [1.54, 1.807) is 13.4 Å². The van der Waals surface area contributed by atoms with E-state index in [0.29, 0.717) is 11.3 Å². The zero-order valence-corrected chi connectivity index (χ0v) is 15.4. The molecule has 0 saturated heterocycles. The third-order valence-electron chi connectivity index (χ3n) is 5.00. The number of nitrogens with zero attached hydrogens (tertiary/aromatic N) is 2. The Bertz CT molecular complexity index is 1160. The molecule has 5 rings (SSSR count). The lowest BCUT2D eigenvalue weighted by atomic mass is 10.1. The first kappa shape index (κ1) is 16.6. The quantitative estimate of drug-likeness (QED) is 0.570. The van der Waals surface area contributed by atoms with Gasteiger partial charge in [0, 0.05) is 17.8 Å². The molecule has 3 heterocycles. The van der Waals surface area contributed by atoms with Gasteiger partial charge < -0.3 is 18.9 Å². The number of carbonyl (C=O) groups excluding carboxylic acids is 1. The molecule has 0 atom stereocenters. The lowest BCUT2D eigenvalue weighted by Crippen LogP contribution is -2.25. The molecule has 6 heteroatoms. The van der Waals surface area contributed by atoms with E-state index in [0.717, 1.165) is 40.9 Å². The van der Waals surface area contributed by atoms with Crippen LogP contribution < -0.4 is 10.1 Å². The minimum Gasteiger partial charge on any atom is -0.497 e. The number of hydrogen-bond donors (Lipinski definition) is 1. The van der Waals surface area contributed by atoms with Gasteiger partial charge in [-0.15, -0.1) is 0 Å². The minimum atomic E-state index is -0.0767. The number of ether oxygens (including phenoxy) is 1. The molecule has 0 radical (unpaired) electrons. The van der Waals surface area contributed by atoms with E-state index in [-0.39, 0.29) is 11.9 Å². The van der Waals surface area contributed by atoms with E-state index in [4.69, 9.17) is 9.15 Å². The Morgan fingerprint density at radius 1 is 1.21 bits per heavy atom. The smallest absolute Gasteiger partial charge is 0.253 e. The number of amides is 1. The number of carbonyl (C=O) groups is 1. The van der Waals surface area contributed by atoms with Gasteiger partial charge >= 0.3 is 0 Å². The van der Waals surface area contributed by atoms with Gasteiger partial charge in [0.2, 0.25) is 0 Å². The summed E-state index contributed by atoms with van der Waals surface area (Å²) in [4.78, 5) is 17.1. The number of aromatic nitrogens is 2. The van der Waals surface area contributed by atoms with E-state index < -0.39 is 0 Å². The molecule has 3 aromatic heterocycles. The van der Waals surface area contributed by atoms with Crippen molar-refractivity contribution < 1.29 is 13.9 Å².